The number of rotatable bonds is 5. The van der Waals surface area contributed by atoms with Crippen LogP contribution in [0.3, 0.4) is 0 Å². The predicted octanol–water partition coefficient (Wildman–Crippen LogP) is 1.65. The average Bonchev–Trinajstić information content (AvgIpc) is 3.10. The van der Waals surface area contributed by atoms with Gasteiger partial charge >= 0.3 is 5.97 Å². The molecule has 0 N–H and O–H groups in total. The molecule has 0 aromatic heterocycles. The lowest BCUT2D eigenvalue weighted by Gasteiger charge is -1.99. The first-order valence-electron chi connectivity index (χ1n) is 5.61. The molecule has 1 saturated heterocycles. The normalized spacial score (nSPS) is 21.9. The van der Waals surface area contributed by atoms with Crippen molar-refractivity contribution in [1.29, 1.82) is 0 Å². The van der Waals surface area contributed by atoms with E-state index in [1.165, 1.54) is 0 Å². The van der Waals surface area contributed by atoms with Crippen molar-refractivity contribution in [3.05, 3.63) is 35.9 Å². The molecule has 1 aromatic carbocycles. The van der Waals surface area contributed by atoms with Gasteiger partial charge < -0.3 is 9.47 Å². The molecule has 17 heavy (non-hydrogen) atoms. The second-order valence-electron chi connectivity index (χ2n) is 3.84. The summed E-state index contributed by atoms with van der Waals surface area (Å²) in [6.45, 7) is 2.00. The standard InChI is InChI=1S/C13H14O4/c1-2-16-11(15)8-10(14)13-12(17-13)9-6-4-3-5-7-9/h3-7,12-13H,2,8H2,1H3. The van der Waals surface area contributed by atoms with Gasteiger partial charge in [-0.2, -0.15) is 0 Å². The number of esters is 1. The Hall–Kier alpha value is -1.68. The Balaban J connectivity index is 1.87. The van der Waals surface area contributed by atoms with Crippen molar-refractivity contribution in [3.63, 3.8) is 0 Å². The van der Waals surface area contributed by atoms with Gasteiger partial charge in [0.25, 0.3) is 0 Å². The van der Waals surface area contributed by atoms with Gasteiger partial charge in [0.1, 0.15) is 18.6 Å². The predicted molar refractivity (Wildman–Crippen MR) is 60.3 cm³/mol. The number of benzene rings is 1. The van der Waals surface area contributed by atoms with Crippen LogP contribution in [0.2, 0.25) is 0 Å². The Kier molecular flexibility index (Phi) is 3.54. The maximum Gasteiger partial charge on any atom is 0.313 e. The van der Waals surface area contributed by atoms with E-state index < -0.39 is 12.1 Å². The lowest BCUT2D eigenvalue weighted by atomic mass is 10.1. The summed E-state index contributed by atoms with van der Waals surface area (Å²) in [7, 11) is 0. The van der Waals surface area contributed by atoms with Crippen LogP contribution in [0.1, 0.15) is 25.0 Å². The van der Waals surface area contributed by atoms with Gasteiger partial charge in [-0.15, -0.1) is 0 Å². The molecule has 2 rings (SSSR count). The lowest BCUT2D eigenvalue weighted by Crippen LogP contribution is -2.15. The van der Waals surface area contributed by atoms with Gasteiger partial charge in [0.15, 0.2) is 5.78 Å². The van der Waals surface area contributed by atoms with Crippen LogP contribution >= 0.6 is 0 Å². The molecule has 0 radical (unpaired) electrons. The third-order valence-electron chi connectivity index (χ3n) is 2.56. The Bertz CT molecular complexity index is 413. The summed E-state index contributed by atoms with van der Waals surface area (Å²) in [6.07, 6.45) is -0.887. The van der Waals surface area contributed by atoms with Crippen LogP contribution in [-0.2, 0) is 19.1 Å². The number of ether oxygens (including phenoxy) is 2. The summed E-state index contributed by atoms with van der Waals surface area (Å²) in [5, 5.41) is 0. The van der Waals surface area contributed by atoms with E-state index in [0.29, 0.717) is 6.61 Å². The van der Waals surface area contributed by atoms with Crippen LogP contribution in [0, 0.1) is 0 Å². The van der Waals surface area contributed by atoms with Crippen molar-refractivity contribution < 1.29 is 19.1 Å². The van der Waals surface area contributed by atoms with Crippen LogP contribution in [-0.4, -0.2) is 24.5 Å². The molecule has 1 aliphatic rings. The minimum Gasteiger partial charge on any atom is -0.466 e. The summed E-state index contributed by atoms with van der Waals surface area (Å²) in [5.74, 6) is -0.697. The number of epoxide rings is 1. The highest BCUT2D eigenvalue weighted by Crippen LogP contribution is 2.39. The van der Waals surface area contributed by atoms with Gasteiger partial charge in [0, 0.05) is 0 Å². The molecule has 2 unspecified atom stereocenters. The van der Waals surface area contributed by atoms with Gasteiger partial charge in [-0.25, -0.2) is 0 Å². The first-order chi connectivity index (χ1) is 8.22. The highest BCUT2D eigenvalue weighted by atomic mass is 16.6. The van der Waals surface area contributed by atoms with Crippen molar-refractivity contribution in [2.75, 3.05) is 6.61 Å². The smallest absolute Gasteiger partial charge is 0.313 e. The Morgan fingerprint density at radius 1 is 1.29 bits per heavy atom. The Labute approximate surface area is 99.5 Å². The van der Waals surface area contributed by atoms with Gasteiger partial charge in [0.05, 0.1) is 6.61 Å². The zero-order chi connectivity index (χ0) is 12.3. The fourth-order valence-electron chi connectivity index (χ4n) is 1.71. The third kappa shape index (κ3) is 2.91. The quantitative estimate of drug-likeness (QED) is 0.441. The molecule has 0 bridgehead atoms. The summed E-state index contributed by atoms with van der Waals surface area (Å²) in [6, 6.07) is 9.50. The molecule has 0 amide bonds. The molecule has 1 aliphatic heterocycles. The molecule has 4 heteroatoms. The Morgan fingerprint density at radius 3 is 2.65 bits per heavy atom. The summed E-state index contributed by atoms with van der Waals surface area (Å²) >= 11 is 0. The van der Waals surface area contributed by atoms with Crippen molar-refractivity contribution in [2.45, 2.75) is 25.6 Å². The van der Waals surface area contributed by atoms with Crippen molar-refractivity contribution in [1.82, 2.24) is 0 Å². The van der Waals surface area contributed by atoms with Gasteiger partial charge in [-0.1, -0.05) is 30.3 Å². The minimum absolute atomic E-state index is 0.196. The molecule has 1 aromatic rings. The van der Waals surface area contributed by atoms with Crippen LogP contribution in [0.25, 0.3) is 0 Å². The summed E-state index contributed by atoms with van der Waals surface area (Å²) < 4.78 is 10.0. The van der Waals surface area contributed by atoms with Gasteiger partial charge in [-0.3, -0.25) is 9.59 Å². The van der Waals surface area contributed by atoms with Crippen LogP contribution in [0.5, 0.6) is 0 Å². The maximum atomic E-state index is 11.6. The molecule has 0 spiro atoms. The van der Waals surface area contributed by atoms with Crippen molar-refractivity contribution in [2.24, 2.45) is 0 Å². The second kappa shape index (κ2) is 5.10. The number of carbonyl (C=O) groups excluding carboxylic acids is 2. The molecular weight excluding hydrogens is 220 g/mol. The van der Waals surface area contributed by atoms with E-state index in [2.05, 4.69) is 0 Å². The number of hydrogen-bond acceptors (Lipinski definition) is 4. The molecule has 0 aliphatic carbocycles. The zero-order valence-electron chi connectivity index (χ0n) is 9.59. The number of Topliss-reactive ketones (excluding diaryl/α,β-unsaturated/α-hetero) is 1. The van der Waals surface area contributed by atoms with E-state index in [4.69, 9.17) is 9.47 Å². The maximum absolute atomic E-state index is 11.6. The fourth-order valence-corrected chi connectivity index (χ4v) is 1.71. The largest absolute Gasteiger partial charge is 0.466 e. The van der Waals surface area contributed by atoms with Gasteiger partial charge in [-0.05, 0) is 12.5 Å². The van der Waals surface area contributed by atoms with Crippen LogP contribution in [0.15, 0.2) is 30.3 Å². The molecule has 2 atom stereocenters. The van der Waals surface area contributed by atoms with E-state index in [-0.39, 0.29) is 18.3 Å². The molecule has 1 fully saturated rings. The number of carbonyl (C=O) groups is 2. The molecule has 4 nitrogen and oxygen atoms in total. The fraction of sp³-hybridized carbons (Fsp3) is 0.385. The van der Waals surface area contributed by atoms with E-state index in [1.54, 1.807) is 6.92 Å². The zero-order valence-corrected chi connectivity index (χ0v) is 9.59. The summed E-state index contributed by atoms with van der Waals surface area (Å²) in [5.41, 5.74) is 0.967. The lowest BCUT2D eigenvalue weighted by molar-refractivity contribution is -0.145. The van der Waals surface area contributed by atoms with Crippen molar-refractivity contribution >= 4 is 11.8 Å². The first-order valence-corrected chi connectivity index (χ1v) is 5.61. The van der Waals surface area contributed by atoms with Crippen LogP contribution in [0.4, 0.5) is 0 Å². The van der Waals surface area contributed by atoms with Crippen LogP contribution < -0.4 is 0 Å². The molecule has 0 saturated carbocycles. The minimum atomic E-state index is -0.486. The third-order valence-corrected chi connectivity index (χ3v) is 2.56. The molecular formula is C13H14O4. The van der Waals surface area contributed by atoms with E-state index >= 15 is 0 Å². The molecule has 1 heterocycles. The van der Waals surface area contributed by atoms with E-state index in [1.807, 2.05) is 30.3 Å². The average molecular weight is 234 g/mol. The van der Waals surface area contributed by atoms with Crippen molar-refractivity contribution in [3.8, 4) is 0 Å². The van der Waals surface area contributed by atoms with E-state index in [0.717, 1.165) is 5.56 Å². The first kappa shape index (κ1) is 11.8. The van der Waals surface area contributed by atoms with E-state index in [9.17, 15) is 9.59 Å². The highest BCUT2D eigenvalue weighted by Gasteiger charge is 2.46. The SMILES string of the molecule is CCOC(=O)CC(=O)C1OC1c1ccccc1. The Morgan fingerprint density at radius 2 is 2.00 bits per heavy atom. The highest BCUT2D eigenvalue weighted by molar-refractivity contribution is 5.99. The topological polar surface area (TPSA) is 55.9 Å². The monoisotopic (exact) mass is 234 g/mol. The second-order valence-corrected chi connectivity index (χ2v) is 3.84. The van der Waals surface area contributed by atoms with Gasteiger partial charge in [0.2, 0.25) is 0 Å². The molecule has 90 valence electrons. The number of ketones is 1. The summed E-state index contributed by atoms with van der Waals surface area (Å²) in [4.78, 5) is 22.8. The number of hydrogen-bond donors (Lipinski definition) is 0.